The molecule has 0 aliphatic heterocycles. The minimum atomic E-state index is -0.439. The highest BCUT2D eigenvalue weighted by molar-refractivity contribution is 5.51. The molecule has 1 unspecified atom stereocenters. The van der Waals surface area contributed by atoms with E-state index >= 15 is 0 Å². The molecular formula is C16H25NO2. The molecule has 2 N–H and O–H groups in total. The van der Waals surface area contributed by atoms with E-state index in [1.54, 1.807) is 0 Å². The summed E-state index contributed by atoms with van der Waals surface area (Å²) in [4.78, 5) is 0. The molecule has 0 aromatic heterocycles. The number of anilines is 1. The number of para-hydroxylation sites is 1. The molecule has 2 rings (SSSR count). The fourth-order valence-corrected chi connectivity index (χ4v) is 2.59. The SMILES string of the molecule is CCc1ccccc1NCC(O)COC1CCCC1. The lowest BCUT2D eigenvalue weighted by Gasteiger charge is -2.17. The van der Waals surface area contributed by atoms with Crippen LogP contribution in [0.1, 0.15) is 38.2 Å². The van der Waals surface area contributed by atoms with E-state index in [1.807, 2.05) is 12.1 Å². The molecule has 0 radical (unpaired) electrons. The summed E-state index contributed by atoms with van der Waals surface area (Å²) in [6.45, 7) is 3.12. The van der Waals surface area contributed by atoms with Crippen molar-refractivity contribution in [1.82, 2.24) is 0 Å². The summed E-state index contributed by atoms with van der Waals surface area (Å²) in [6, 6.07) is 8.24. The zero-order chi connectivity index (χ0) is 13.5. The monoisotopic (exact) mass is 263 g/mol. The zero-order valence-corrected chi connectivity index (χ0v) is 11.8. The molecular weight excluding hydrogens is 238 g/mol. The highest BCUT2D eigenvalue weighted by Gasteiger charge is 2.16. The van der Waals surface area contributed by atoms with E-state index in [-0.39, 0.29) is 0 Å². The van der Waals surface area contributed by atoms with Gasteiger partial charge in [0, 0.05) is 12.2 Å². The Hall–Kier alpha value is -1.06. The van der Waals surface area contributed by atoms with Gasteiger partial charge in [0.05, 0.1) is 18.8 Å². The molecule has 3 heteroatoms. The molecule has 1 aliphatic carbocycles. The molecule has 3 nitrogen and oxygen atoms in total. The summed E-state index contributed by atoms with van der Waals surface area (Å²) < 4.78 is 5.72. The number of hydrogen-bond donors (Lipinski definition) is 2. The minimum Gasteiger partial charge on any atom is -0.389 e. The fraction of sp³-hybridized carbons (Fsp3) is 0.625. The Kier molecular flexibility index (Phi) is 5.67. The first kappa shape index (κ1) is 14.4. The lowest BCUT2D eigenvalue weighted by molar-refractivity contribution is -0.00117. The minimum absolute atomic E-state index is 0.373. The van der Waals surface area contributed by atoms with Crippen LogP contribution in [0.25, 0.3) is 0 Å². The summed E-state index contributed by atoms with van der Waals surface area (Å²) in [5.41, 5.74) is 2.40. The van der Waals surface area contributed by atoms with E-state index in [0.717, 1.165) is 24.9 Å². The van der Waals surface area contributed by atoms with Gasteiger partial charge in [-0.25, -0.2) is 0 Å². The molecule has 1 saturated carbocycles. The second-order valence-electron chi connectivity index (χ2n) is 5.29. The van der Waals surface area contributed by atoms with Gasteiger partial charge in [0.2, 0.25) is 0 Å². The van der Waals surface area contributed by atoms with Gasteiger partial charge in [0.25, 0.3) is 0 Å². The van der Waals surface area contributed by atoms with Crippen molar-refractivity contribution >= 4 is 5.69 Å². The second kappa shape index (κ2) is 7.51. The Balaban J connectivity index is 1.71. The first-order valence-electron chi connectivity index (χ1n) is 7.41. The van der Waals surface area contributed by atoms with Gasteiger partial charge >= 0.3 is 0 Å². The number of aliphatic hydroxyl groups is 1. The summed E-state index contributed by atoms with van der Waals surface area (Å²) in [6.07, 6.45) is 5.77. The highest BCUT2D eigenvalue weighted by atomic mass is 16.5. The molecule has 0 heterocycles. The Bertz CT molecular complexity index is 375. The number of nitrogens with one attached hydrogen (secondary N) is 1. The van der Waals surface area contributed by atoms with Crippen LogP contribution in [0.3, 0.4) is 0 Å². The predicted octanol–water partition coefficient (Wildman–Crippen LogP) is 2.98. The van der Waals surface area contributed by atoms with E-state index in [9.17, 15) is 5.11 Å². The van der Waals surface area contributed by atoms with E-state index < -0.39 is 6.10 Å². The average Bonchev–Trinajstić information content (AvgIpc) is 2.96. The van der Waals surface area contributed by atoms with Crippen molar-refractivity contribution in [3.63, 3.8) is 0 Å². The van der Waals surface area contributed by atoms with Gasteiger partial charge in [-0.1, -0.05) is 38.0 Å². The predicted molar refractivity (Wildman–Crippen MR) is 78.5 cm³/mol. The third kappa shape index (κ3) is 4.51. The third-order valence-corrected chi connectivity index (χ3v) is 3.75. The highest BCUT2D eigenvalue weighted by Crippen LogP contribution is 2.21. The largest absolute Gasteiger partial charge is 0.389 e. The molecule has 19 heavy (non-hydrogen) atoms. The van der Waals surface area contributed by atoms with Gasteiger partial charge in [0.15, 0.2) is 0 Å². The zero-order valence-electron chi connectivity index (χ0n) is 11.8. The number of ether oxygens (including phenoxy) is 1. The molecule has 0 saturated heterocycles. The molecule has 1 atom stereocenters. The summed E-state index contributed by atoms with van der Waals surface area (Å²) in [5, 5.41) is 13.3. The molecule has 106 valence electrons. The summed E-state index contributed by atoms with van der Waals surface area (Å²) in [5.74, 6) is 0. The maximum absolute atomic E-state index is 9.95. The van der Waals surface area contributed by atoms with Crippen LogP contribution in [0.5, 0.6) is 0 Å². The average molecular weight is 263 g/mol. The Morgan fingerprint density at radius 1 is 1.32 bits per heavy atom. The van der Waals surface area contributed by atoms with Crippen molar-refractivity contribution in [2.75, 3.05) is 18.5 Å². The number of hydrogen-bond acceptors (Lipinski definition) is 3. The van der Waals surface area contributed by atoms with Gasteiger partial charge in [-0.2, -0.15) is 0 Å². The molecule has 1 aliphatic rings. The molecule has 1 aromatic carbocycles. The van der Waals surface area contributed by atoms with Crippen LogP contribution in [0.2, 0.25) is 0 Å². The van der Waals surface area contributed by atoms with E-state index in [4.69, 9.17) is 4.74 Å². The van der Waals surface area contributed by atoms with E-state index in [0.29, 0.717) is 19.3 Å². The Labute approximate surface area is 116 Å². The van der Waals surface area contributed by atoms with Crippen LogP contribution in [-0.2, 0) is 11.2 Å². The van der Waals surface area contributed by atoms with E-state index in [2.05, 4.69) is 24.4 Å². The van der Waals surface area contributed by atoms with Crippen LogP contribution in [-0.4, -0.2) is 30.5 Å². The smallest absolute Gasteiger partial charge is 0.0945 e. The van der Waals surface area contributed by atoms with Gasteiger partial charge in [-0.3, -0.25) is 0 Å². The Morgan fingerprint density at radius 3 is 2.79 bits per heavy atom. The maximum atomic E-state index is 9.95. The number of aryl methyl sites for hydroxylation is 1. The van der Waals surface area contributed by atoms with Crippen LogP contribution < -0.4 is 5.32 Å². The molecule has 1 aromatic rings. The van der Waals surface area contributed by atoms with Crippen molar-refractivity contribution < 1.29 is 9.84 Å². The van der Waals surface area contributed by atoms with Crippen molar-refractivity contribution in [2.24, 2.45) is 0 Å². The lowest BCUT2D eigenvalue weighted by Crippen LogP contribution is -2.27. The maximum Gasteiger partial charge on any atom is 0.0945 e. The molecule has 1 fully saturated rings. The van der Waals surface area contributed by atoms with Crippen LogP contribution >= 0.6 is 0 Å². The number of rotatable bonds is 7. The van der Waals surface area contributed by atoms with Crippen molar-refractivity contribution in [3.8, 4) is 0 Å². The third-order valence-electron chi connectivity index (χ3n) is 3.75. The van der Waals surface area contributed by atoms with Crippen molar-refractivity contribution in [1.29, 1.82) is 0 Å². The topological polar surface area (TPSA) is 41.5 Å². The van der Waals surface area contributed by atoms with Gasteiger partial charge in [-0.05, 0) is 30.9 Å². The Morgan fingerprint density at radius 2 is 2.05 bits per heavy atom. The number of aliphatic hydroxyl groups excluding tert-OH is 1. The summed E-state index contributed by atoms with van der Waals surface area (Å²) in [7, 11) is 0. The molecule has 0 spiro atoms. The standard InChI is InChI=1S/C16H25NO2/c1-2-13-7-3-6-10-16(13)17-11-14(18)12-19-15-8-4-5-9-15/h3,6-7,10,14-15,17-18H,2,4-5,8-9,11-12H2,1H3. The second-order valence-corrected chi connectivity index (χ2v) is 5.29. The van der Waals surface area contributed by atoms with Gasteiger partial charge in [0.1, 0.15) is 0 Å². The number of benzene rings is 1. The first-order chi connectivity index (χ1) is 9.29. The van der Waals surface area contributed by atoms with Crippen LogP contribution in [0.15, 0.2) is 24.3 Å². The van der Waals surface area contributed by atoms with Crippen molar-refractivity contribution in [2.45, 2.75) is 51.2 Å². The first-order valence-corrected chi connectivity index (χ1v) is 7.41. The normalized spacial score (nSPS) is 17.6. The van der Waals surface area contributed by atoms with Crippen molar-refractivity contribution in [3.05, 3.63) is 29.8 Å². The molecule has 0 bridgehead atoms. The quantitative estimate of drug-likeness (QED) is 0.794. The molecule has 0 amide bonds. The van der Waals surface area contributed by atoms with Gasteiger partial charge < -0.3 is 15.2 Å². The van der Waals surface area contributed by atoms with Crippen LogP contribution in [0.4, 0.5) is 5.69 Å². The van der Waals surface area contributed by atoms with E-state index in [1.165, 1.54) is 18.4 Å². The lowest BCUT2D eigenvalue weighted by atomic mass is 10.1. The van der Waals surface area contributed by atoms with Gasteiger partial charge in [-0.15, -0.1) is 0 Å². The van der Waals surface area contributed by atoms with Crippen LogP contribution in [0, 0.1) is 0 Å². The fourth-order valence-electron chi connectivity index (χ4n) is 2.59. The summed E-state index contributed by atoms with van der Waals surface area (Å²) >= 11 is 0.